The number of anilines is 2. The molecule has 0 atom stereocenters. The molecule has 29 heavy (non-hydrogen) atoms. The highest BCUT2D eigenvalue weighted by Gasteiger charge is 2.17. The van der Waals surface area contributed by atoms with E-state index in [1.54, 1.807) is 12.3 Å². The van der Waals surface area contributed by atoms with Gasteiger partial charge in [0.1, 0.15) is 17.2 Å². The standard InChI is InChI=1S/C21H21ClFN5O/c1-4-7-24-21(29)16-11-26-28-20(16)27-19-9-18(25-10-15(19)12(2)3)14-8-13(22)5-6-17(14)23/h5-6,8-11H,2,4,7H2,1,3H3,(H,24,29)(H2,25,26,27,28). The van der Waals surface area contributed by atoms with Gasteiger partial charge in [-0.25, -0.2) is 4.39 Å². The molecule has 0 fully saturated rings. The molecule has 1 aromatic carbocycles. The zero-order valence-electron chi connectivity index (χ0n) is 16.1. The Balaban J connectivity index is 2.01. The lowest BCUT2D eigenvalue weighted by Gasteiger charge is -2.14. The Bertz CT molecular complexity index is 1060. The zero-order chi connectivity index (χ0) is 21.0. The average Bonchev–Trinajstić information content (AvgIpc) is 3.16. The SMILES string of the molecule is C=C(C)c1cnc(-c2cc(Cl)ccc2F)cc1Nc1[nH]ncc1C(=O)NCCC. The fourth-order valence-electron chi connectivity index (χ4n) is 2.76. The Morgan fingerprint density at radius 1 is 1.28 bits per heavy atom. The molecule has 3 N–H and O–H groups in total. The molecule has 6 nitrogen and oxygen atoms in total. The van der Waals surface area contributed by atoms with E-state index in [4.69, 9.17) is 11.6 Å². The minimum atomic E-state index is -0.433. The van der Waals surface area contributed by atoms with E-state index in [9.17, 15) is 9.18 Å². The van der Waals surface area contributed by atoms with Crippen molar-refractivity contribution in [1.29, 1.82) is 0 Å². The van der Waals surface area contributed by atoms with Crippen LogP contribution in [0.25, 0.3) is 16.8 Å². The number of pyridine rings is 1. The van der Waals surface area contributed by atoms with Gasteiger partial charge in [-0.3, -0.25) is 14.9 Å². The highest BCUT2D eigenvalue weighted by atomic mass is 35.5. The van der Waals surface area contributed by atoms with Crippen LogP contribution in [0.4, 0.5) is 15.9 Å². The van der Waals surface area contributed by atoms with Crippen molar-refractivity contribution in [2.75, 3.05) is 11.9 Å². The fourth-order valence-corrected chi connectivity index (χ4v) is 2.93. The molecular weight excluding hydrogens is 393 g/mol. The predicted molar refractivity (Wildman–Crippen MR) is 114 cm³/mol. The van der Waals surface area contributed by atoms with Gasteiger partial charge in [-0.1, -0.05) is 25.1 Å². The molecule has 0 radical (unpaired) electrons. The lowest BCUT2D eigenvalue weighted by molar-refractivity contribution is 0.0954. The zero-order valence-corrected chi connectivity index (χ0v) is 16.9. The molecule has 0 aliphatic heterocycles. The number of allylic oxidation sites excluding steroid dienone is 1. The number of rotatable bonds is 7. The molecule has 0 saturated heterocycles. The third-order valence-corrected chi connectivity index (χ3v) is 4.48. The van der Waals surface area contributed by atoms with Crippen LogP contribution in [0.15, 0.2) is 43.2 Å². The molecule has 0 unspecified atom stereocenters. The smallest absolute Gasteiger partial charge is 0.256 e. The fraction of sp³-hybridized carbons (Fsp3) is 0.190. The molecule has 3 rings (SSSR count). The molecule has 1 amide bonds. The maximum Gasteiger partial charge on any atom is 0.256 e. The van der Waals surface area contributed by atoms with Crippen molar-refractivity contribution in [1.82, 2.24) is 20.5 Å². The number of hydrogen-bond acceptors (Lipinski definition) is 4. The minimum absolute atomic E-state index is 0.241. The van der Waals surface area contributed by atoms with Crippen molar-refractivity contribution in [3.05, 3.63) is 65.2 Å². The Kier molecular flexibility index (Phi) is 6.29. The molecule has 150 valence electrons. The van der Waals surface area contributed by atoms with E-state index in [0.717, 1.165) is 17.6 Å². The molecule has 3 aromatic rings. The summed E-state index contributed by atoms with van der Waals surface area (Å²) in [4.78, 5) is 16.7. The van der Waals surface area contributed by atoms with Gasteiger partial charge in [0, 0.05) is 28.9 Å². The van der Waals surface area contributed by atoms with Crippen LogP contribution < -0.4 is 10.6 Å². The summed E-state index contributed by atoms with van der Waals surface area (Å²) in [6, 6.07) is 5.98. The van der Waals surface area contributed by atoms with Crippen molar-refractivity contribution in [3.63, 3.8) is 0 Å². The maximum atomic E-state index is 14.3. The lowest BCUT2D eigenvalue weighted by atomic mass is 10.0. The third kappa shape index (κ3) is 4.63. The van der Waals surface area contributed by atoms with Crippen molar-refractivity contribution < 1.29 is 9.18 Å². The van der Waals surface area contributed by atoms with Crippen molar-refractivity contribution in [2.24, 2.45) is 0 Å². The Labute approximate surface area is 173 Å². The molecule has 0 aliphatic rings. The van der Waals surface area contributed by atoms with Crippen LogP contribution in [-0.4, -0.2) is 27.6 Å². The van der Waals surface area contributed by atoms with Gasteiger partial charge in [-0.15, -0.1) is 0 Å². The van der Waals surface area contributed by atoms with Gasteiger partial charge < -0.3 is 10.6 Å². The summed E-state index contributed by atoms with van der Waals surface area (Å²) in [6.45, 7) is 8.34. The first-order valence-electron chi connectivity index (χ1n) is 9.10. The van der Waals surface area contributed by atoms with Crippen LogP contribution in [0.5, 0.6) is 0 Å². The molecule has 0 spiro atoms. The van der Waals surface area contributed by atoms with E-state index in [-0.39, 0.29) is 11.5 Å². The number of nitrogens with one attached hydrogen (secondary N) is 3. The summed E-state index contributed by atoms with van der Waals surface area (Å²) in [7, 11) is 0. The molecule has 8 heteroatoms. The molecule has 2 heterocycles. The molecule has 2 aromatic heterocycles. The summed E-state index contributed by atoms with van der Waals surface area (Å²) in [6.07, 6.45) is 3.88. The summed E-state index contributed by atoms with van der Waals surface area (Å²) >= 11 is 6.02. The highest BCUT2D eigenvalue weighted by Crippen LogP contribution is 2.32. The summed E-state index contributed by atoms with van der Waals surface area (Å²) in [5.41, 5.74) is 3.14. The quantitative estimate of drug-likeness (QED) is 0.498. The predicted octanol–water partition coefficient (Wildman–Crippen LogP) is 5.18. The van der Waals surface area contributed by atoms with E-state index in [2.05, 4.69) is 32.4 Å². The number of benzene rings is 1. The highest BCUT2D eigenvalue weighted by molar-refractivity contribution is 6.30. The van der Waals surface area contributed by atoms with Crippen LogP contribution >= 0.6 is 11.6 Å². The van der Waals surface area contributed by atoms with Gasteiger partial charge in [-0.05, 0) is 43.2 Å². The first-order chi connectivity index (χ1) is 13.9. The molecule has 0 bridgehead atoms. The van der Waals surface area contributed by atoms with Crippen molar-refractivity contribution >= 4 is 34.6 Å². The van der Waals surface area contributed by atoms with Crippen LogP contribution in [0.1, 0.15) is 36.2 Å². The minimum Gasteiger partial charge on any atom is -0.352 e. The van der Waals surface area contributed by atoms with Gasteiger partial charge >= 0.3 is 0 Å². The van der Waals surface area contributed by atoms with Gasteiger partial charge in [0.15, 0.2) is 0 Å². The Hall–Kier alpha value is -3.19. The van der Waals surface area contributed by atoms with Crippen LogP contribution in [0, 0.1) is 5.82 Å². The van der Waals surface area contributed by atoms with Crippen LogP contribution in [0.2, 0.25) is 5.02 Å². The van der Waals surface area contributed by atoms with Crippen molar-refractivity contribution in [2.45, 2.75) is 20.3 Å². The first kappa shape index (κ1) is 20.5. The van der Waals surface area contributed by atoms with E-state index in [0.29, 0.717) is 34.3 Å². The summed E-state index contributed by atoms with van der Waals surface area (Å²) in [5, 5.41) is 13.1. The van der Waals surface area contributed by atoms with Crippen molar-refractivity contribution in [3.8, 4) is 11.3 Å². The monoisotopic (exact) mass is 413 g/mol. The number of aromatic nitrogens is 3. The van der Waals surface area contributed by atoms with E-state index in [1.807, 2.05) is 13.8 Å². The van der Waals surface area contributed by atoms with Gasteiger partial charge in [0.25, 0.3) is 5.91 Å². The third-order valence-electron chi connectivity index (χ3n) is 4.25. The molecule has 0 saturated carbocycles. The number of H-pyrrole nitrogens is 1. The molecular formula is C21H21ClFN5O. The summed E-state index contributed by atoms with van der Waals surface area (Å²) < 4.78 is 14.3. The second kappa shape index (κ2) is 8.87. The second-order valence-corrected chi connectivity index (χ2v) is 7.00. The van der Waals surface area contributed by atoms with E-state index in [1.165, 1.54) is 24.4 Å². The van der Waals surface area contributed by atoms with Gasteiger partial charge in [0.05, 0.1) is 17.6 Å². The van der Waals surface area contributed by atoms with E-state index < -0.39 is 5.82 Å². The largest absolute Gasteiger partial charge is 0.352 e. The number of aromatic amines is 1. The number of nitrogens with zero attached hydrogens (tertiary/aromatic N) is 2. The first-order valence-corrected chi connectivity index (χ1v) is 9.48. The second-order valence-electron chi connectivity index (χ2n) is 6.56. The number of halogens is 2. The number of amides is 1. The topological polar surface area (TPSA) is 82.7 Å². The number of carbonyl (C=O) groups is 1. The Morgan fingerprint density at radius 3 is 2.79 bits per heavy atom. The van der Waals surface area contributed by atoms with E-state index >= 15 is 0 Å². The van der Waals surface area contributed by atoms with Crippen LogP contribution in [-0.2, 0) is 0 Å². The molecule has 0 aliphatic carbocycles. The van der Waals surface area contributed by atoms with Crippen LogP contribution in [0.3, 0.4) is 0 Å². The average molecular weight is 414 g/mol. The maximum absolute atomic E-state index is 14.3. The van der Waals surface area contributed by atoms with Gasteiger partial charge in [-0.2, -0.15) is 5.10 Å². The summed E-state index contributed by atoms with van der Waals surface area (Å²) in [5.74, 6) is -0.253. The van der Waals surface area contributed by atoms with Gasteiger partial charge in [0.2, 0.25) is 0 Å². The normalized spacial score (nSPS) is 10.6. The Morgan fingerprint density at radius 2 is 2.07 bits per heavy atom. The number of hydrogen-bond donors (Lipinski definition) is 3. The lowest BCUT2D eigenvalue weighted by Crippen LogP contribution is -2.24. The number of carbonyl (C=O) groups excluding carboxylic acids is 1.